The van der Waals surface area contributed by atoms with Crippen LogP contribution in [0.3, 0.4) is 0 Å². The number of hydrogen-bond donors (Lipinski definition) is 1. The number of fused-ring (bicyclic) bond motifs is 1. The molecule has 0 spiro atoms. The Hall–Kier alpha value is -1.69. The predicted octanol–water partition coefficient (Wildman–Crippen LogP) is 0.518. The van der Waals surface area contributed by atoms with Crippen LogP contribution >= 0.6 is 0 Å². The van der Waals surface area contributed by atoms with Crippen molar-refractivity contribution in [2.45, 2.75) is 32.4 Å². The quantitative estimate of drug-likeness (QED) is 0.839. The Kier molecular flexibility index (Phi) is 3.76. The first kappa shape index (κ1) is 12.8. The Labute approximate surface area is 106 Å². The Morgan fingerprint density at radius 1 is 1.50 bits per heavy atom. The number of aromatic nitrogens is 4. The molecule has 18 heavy (non-hydrogen) atoms. The fourth-order valence-electron chi connectivity index (χ4n) is 2.11. The van der Waals surface area contributed by atoms with Gasteiger partial charge >= 0.3 is 0 Å². The third-order valence-corrected chi connectivity index (χ3v) is 3.18. The van der Waals surface area contributed by atoms with Gasteiger partial charge in [0.05, 0.1) is 6.20 Å². The van der Waals surface area contributed by atoms with Crippen LogP contribution in [0.25, 0.3) is 11.0 Å². The van der Waals surface area contributed by atoms with Crippen molar-refractivity contribution in [2.75, 3.05) is 7.05 Å². The molecule has 0 saturated heterocycles. The molecule has 0 amide bonds. The van der Waals surface area contributed by atoms with E-state index in [0.717, 1.165) is 12.8 Å². The number of likely N-dealkylation sites (N-methyl/N-ethyl adjacent to an activating group) is 1. The van der Waals surface area contributed by atoms with Gasteiger partial charge in [-0.25, -0.2) is 4.98 Å². The van der Waals surface area contributed by atoms with Gasteiger partial charge in [0, 0.05) is 19.6 Å². The molecule has 1 N–H and O–H groups in total. The molecular formula is C12H19N5O. The molecular weight excluding hydrogens is 230 g/mol. The summed E-state index contributed by atoms with van der Waals surface area (Å²) < 4.78 is 3.27. The minimum absolute atomic E-state index is 0.0237. The third kappa shape index (κ3) is 2.28. The summed E-state index contributed by atoms with van der Waals surface area (Å²) in [4.78, 5) is 16.5. The molecule has 6 nitrogen and oxygen atoms in total. The lowest BCUT2D eigenvalue weighted by Gasteiger charge is -2.16. The van der Waals surface area contributed by atoms with E-state index < -0.39 is 0 Å². The van der Waals surface area contributed by atoms with Crippen LogP contribution in [0, 0.1) is 0 Å². The fourth-order valence-corrected chi connectivity index (χ4v) is 2.11. The molecule has 2 aromatic rings. The van der Waals surface area contributed by atoms with Gasteiger partial charge < -0.3 is 5.32 Å². The van der Waals surface area contributed by atoms with Crippen LogP contribution in [-0.2, 0) is 13.6 Å². The van der Waals surface area contributed by atoms with Crippen molar-refractivity contribution in [3.8, 4) is 0 Å². The average molecular weight is 249 g/mol. The zero-order valence-corrected chi connectivity index (χ0v) is 11.1. The summed E-state index contributed by atoms with van der Waals surface area (Å²) in [6, 6.07) is 0.295. The highest BCUT2D eigenvalue weighted by atomic mass is 16.1. The van der Waals surface area contributed by atoms with E-state index in [-0.39, 0.29) is 5.56 Å². The van der Waals surface area contributed by atoms with Crippen molar-refractivity contribution < 1.29 is 0 Å². The maximum Gasteiger partial charge on any atom is 0.264 e. The summed E-state index contributed by atoms with van der Waals surface area (Å²) in [6.45, 7) is 2.77. The van der Waals surface area contributed by atoms with Crippen LogP contribution in [0.4, 0.5) is 0 Å². The van der Waals surface area contributed by atoms with Crippen LogP contribution in [0.5, 0.6) is 0 Å². The van der Waals surface area contributed by atoms with Crippen molar-refractivity contribution in [1.82, 2.24) is 24.6 Å². The lowest BCUT2D eigenvalue weighted by Crippen LogP contribution is -2.34. The molecule has 1 atom stereocenters. The molecule has 0 aliphatic rings. The Morgan fingerprint density at radius 2 is 2.28 bits per heavy atom. The van der Waals surface area contributed by atoms with Gasteiger partial charge in [-0.05, 0) is 13.5 Å². The zero-order valence-electron chi connectivity index (χ0n) is 11.1. The number of nitrogens with zero attached hydrogens (tertiary/aromatic N) is 4. The van der Waals surface area contributed by atoms with Crippen molar-refractivity contribution in [1.29, 1.82) is 0 Å². The smallest absolute Gasteiger partial charge is 0.264 e. The highest BCUT2D eigenvalue weighted by molar-refractivity contribution is 5.72. The van der Waals surface area contributed by atoms with Crippen molar-refractivity contribution >= 4 is 11.0 Å². The first-order valence-corrected chi connectivity index (χ1v) is 6.21. The van der Waals surface area contributed by atoms with Gasteiger partial charge in [0.1, 0.15) is 11.7 Å². The maximum absolute atomic E-state index is 12.2. The minimum atomic E-state index is -0.0237. The van der Waals surface area contributed by atoms with Crippen molar-refractivity contribution in [3.05, 3.63) is 22.9 Å². The molecule has 0 saturated carbocycles. The predicted molar refractivity (Wildman–Crippen MR) is 70.5 cm³/mol. The molecule has 98 valence electrons. The van der Waals surface area contributed by atoms with E-state index in [2.05, 4.69) is 22.3 Å². The lowest BCUT2D eigenvalue weighted by molar-refractivity contribution is 0.441. The van der Waals surface area contributed by atoms with Crippen LogP contribution in [0.1, 0.15) is 19.8 Å². The Bertz CT molecular complexity index is 586. The van der Waals surface area contributed by atoms with E-state index in [1.54, 1.807) is 28.8 Å². The molecule has 2 rings (SSSR count). The molecule has 1 unspecified atom stereocenters. The second-order valence-electron chi connectivity index (χ2n) is 4.48. The van der Waals surface area contributed by atoms with Gasteiger partial charge in [-0.3, -0.25) is 14.0 Å². The number of aryl methyl sites for hydroxylation is 1. The highest BCUT2D eigenvalue weighted by Crippen LogP contribution is 2.04. The maximum atomic E-state index is 12.2. The second kappa shape index (κ2) is 5.30. The number of nitrogens with one attached hydrogen (secondary N) is 1. The first-order valence-electron chi connectivity index (χ1n) is 6.21. The molecule has 0 bridgehead atoms. The van der Waals surface area contributed by atoms with E-state index in [9.17, 15) is 4.79 Å². The molecule has 2 aromatic heterocycles. The summed E-state index contributed by atoms with van der Waals surface area (Å²) in [7, 11) is 3.70. The molecule has 0 aliphatic heterocycles. The summed E-state index contributed by atoms with van der Waals surface area (Å²) in [5.74, 6) is 0. The van der Waals surface area contributed by atoms with Crippen molar-refractivity contribution in [2.24, 2.45) is 7.05 Å². The zero-order chi connectivity index (χ0) is 13.1. The molecule has 2 heterocycles. The summed E-state index contributed by atoms with van der Waals surface area (Å²) in [5.41, 5.74) is 0.609. The third-order valence-electron chi connectivity index (χ3n) is 3.18. The monoisotopic (exact) mass is 249 g/mol. The van der Waals surface area contributed by atoms with E-state index in [1.165, 1.54) is 0 Å². The van der Waals surface area contributed by atoms with Gasteiger partial charge in [-0.2, -0.15) is 5.10 Å². The summed E-state index contributed by atoms with van der Waals surface area (Å²) in [6.07, 6.45) is 5.30. The lowest BCUT2D eigenvalue weighted by atomic mass is 10.1. The minimum Gasteiger partial charge on any atom is -0.315 e. The topological polar surface area (TPSA) is 64.7 Å². The van der Waals surface area contributed by atoms with E-state index in [4.69, 9.17) is 0 Å². The fraction of sp³-hybridized carbons (Fsp3) is 0.583. The molecule has 0 aliphatic carbocycles. The standard InChI is InChI=1S/C12H19N5O/c1-4-5-9(13-2)7-17-8-14-11-10(12(17)18)6-15-16(11)3/h6,8-9,13H,4-5,7H2,1-3H3. The van der Waals surface area contributed by atoms with Gasteiger partial charge in [0.15, 0.2) is 5.65 Å². The number of hydrogen-bond acceptors (Lipinski definition) is 4. The van der Waals surface area contributed by atoms with Gasteiger partial charge in [0.2, 0.25) is 0 Å². The van der Waals surface area contributed by atoms with Crippen molar-refractivity contribution in [3.63, 3.8) is 0 Å². The van der Waals surface area contributed by atoms with Crippen LogP contribution < -0.4 is 10.9 Å². The van der Waals surface area contributed by atoms with Gasteiger partial charge in [-0.15, -0.1) is 0 Å². The summed E-state index contributed by atoms with van der Waals surface area (Å²) >= 11 is 0. The highest BCUT2D eigenvalue weighted by Gasteiger charge is 2.11. The molecule has 0 fully saturated rings. The van der Waals surface area contributed by atoms with Crippen LogP contribution in [0.2, 0.25) is 0 Å². The normalized spacial score (nSPS) is 13.1. The average Bonchev–Trinajstić information content (AvgIpc) is 2.74. The second-order valence-corrected chi connectivity index (χ2v) is 4.48. The van der Waals surface area contributed by atoms with Crippen LogP contribution in [0.15, 0.2) is 17.3 Å². The van der Waals surface area contributed by atoms with Gasteiger partial charge in [-0.1, -0.05) is 13.3 Å². The largest absolute Gasteiger partial charge is 0.315 e. The van der Waals surface area contributed by atoms with E-state index in [1.807, 2.05) is 7.05 Å². The molecule has 6 heteroatoms. The summed E-state index contributed by atoms with van der Waals surface area (Å²) in [5, 5.41) is 7.86. The Balaban J connectivity index is 2.34. The first-order chi connectivity index (χ1) is 8.67. The SMILES string of the molecule is CCCC(Cn1cnc2c(cnn2C)c1=O)NC. The van der Waals surface area contributed by atoms with E-state index >= 15 is 0 Å². The number of rotatable bonds is 5. The molecule has 0 radical (unpaired) electrons. The van der Waals surface area contributed by atoms with Gasteiger partial charge in [0.25, 0.3) is 5.56 Å². The van der Waals surface area contributed by atoms with Crippen LogP contribution in [-0.4, -0.2) is 32.4 Å². The molecule has 0 aromatic carbocycles. The van der Waals surface area contributed by atoms with E-state index in [0.29, 0.717) is 23.6 Å². The Morgan fingerprint density at radius 3 is 2.94 bits per heavy atom.